The van der Waals surface area contributed by atoms with Crippen molar-refractivity contribution in [2.24, 2.45) is 0 Å². The number of nitrogen functional groups attached to an aromatic ring is 1. The number of hydrogen-bond donors (Lipinski definition) is 5. The molecule has 0 aliphatic carbocycles. The number of nitrogens with two attached hydrogens (primary N) is 1. The molecule has 3 aromatic rings. The first kappa shape index (κ1) is 31.9. The van der Waals surface area contributed by atoms with Gasteiger partial charge in [-0.05, 0) is 49.4 Å². The topological polar surface area (TPSA) is 118 Å². The van der Waals surface area contributed by atoms with Crippen molar-refractivity contribution in [3.05, 3.63) is 93.6 Å². The summed E-state index contributed by atoms with van der Waals surface area (Å²) in [6, 6.07) is 19.0. The average Bonchev–Trinajstić information content (AvgIpc) is 2.86. The van der Waals surface area contributed by atoms with Crippen molar-refractivity contribution < 1.29 is 14.3 Å². The van der Waals surface area contributed by atoms with Crippen LogP contribution in [0.15, 0.2) is 72.4 Å². The Labute approximate surface area is 249 Å². The highest BCUT2D eigenvalue weighted by Crippen LogP contribution is 2.40. The van der Waals surface area contributed by atoms with Crippen LogP contribution in [0.1, 0.15) is 18.1 Å². The summed E-state index contributed by atoms with van der Waals surface area (Å²) in [4.78, 5) is 26.0. The quantitative estimate of drug-likeness (QED) is 0.196. The number of likely N-dealkylation sites (N-methyl/N-ethyl adjacent to an activating group) is 1. The van der Waals surface area contributed by atoms with Crippen molar-refractivity contribution in [3.63, 3.8) is 0 Å². The molecule has 8 nitrogen and oxygen atoms in total. The monoisotopic (exact) mass is 611 g/mol. The summed E-state index contributed by atoms with van der Waals surface area (Å²) in [6.07, 6.45) is 0. The van der Waals surface area contributed by atoms with Gasteiger partial charge in [0.15, 0.2) is 11.5 Å². The lowest BCUT2D eigenvalue weighted by Gasteiger charge is -2.39. The van der Waals surface area contributed by atoms with Crippen LogP contribution in [0.5, 0.6) is 0 Å². The fourth-order valence-corrected chi connectivity index (χ4v) is 4.66. The molecule has 3 aromatic carbocycles. The largest absolute Gasteiger partial charge is 0.486 e. The number of fused-ring (bicyclic) bond motifs is 1. The molecule has 1 aliphatic heterocycles. The summed E-state index contributed by atoms with van der Waals surface area (Å²) in [5.74, 6) is 0.193. The van der Waals surface area contributed by atoms with Crippen LogP contribution in [0.4, 0.5) is 21.9 Å². The van der Waals surface area contributed by atoms with E-state index in [2.05, 4.69) is 21.3 Å². The Morgan fingerprint density at radius 1 is 1.00 bits per heavy atom. The lowest BCUT2D eigenvalue weighted by molar-refractivity contribution is -0.121. The number of amides is 2. The zero-order chi connectivity index (χ0) is 26.6. The molecule has 1 atom stereocenters. The van der Waals surface area contributed by atoms with Gasteiger partial charge in [0.2, 0.25) is 0 Å². The predicted molar refractivity (Wildman–Crippen MR) is 163 cm³/mol. The molecule has 12 heteroatoms. The first-order chi connectivity index (χ1) is 17.7. The van der Waals surface area contributed by atoms with E-state index >= 15 is 0 Å². The summed E-state index contributed by atoms with van der Waals surface area (Å²) in [6.45, 7) is 1.59. The molecular weight excluding hydrogens is 584 g/mol. The van der Waals surface area contributed by atoms with Gasteiger partial charge in [0, 0.05) is 45.3 Å². The number of Topliss-reactive ketones (excluding diaryl/α,β-unsaturated/α-hetero) is 1. The van der Waals surface area contributed by atoms with Gasteiger partial charge in [-0.25, -0.2) is 4.79 Å². The molecule has 0 fully saturated rings. The zero-order valence-corrected chi connectivity index (χ0v) is 24.3. The molecular formula is C27H29Cl4N5O3. The molecule has 4 rings (SSSR count). The number of anilines is 3. The summed E-state index contributed by atoms with van der Waals surface area (Å²) in [7, 11) is 1.71. The number of halogens is 4. The summed E-state index contributed by atoms with van der Waals surface area (Å²) in [5, 5.41) is 12.7. The van der Waals surface area contributed by atoms with E-state index in [4.69, 9.17) is 33.7 Å². The highest BCUT2D eigenvalue weighted by Gasteiger charge is 2.43. The van der Waals surface area contributed by atoms with Crippen LogP contribution in [0.3, 0.4) is 0 Å². The average molecular weight is 613 g/mol. The fraction of sp³-hybridized carbons (Fsp3) is 0.185. The molecule has 0 bridgehead atoms. The molecule has 2 amide bonds. The van der Waals surface area contributed by atoms with Crippen molar-refractivity contribution in [1.82, 2.24) is 10.6 Å². The van der Waals surface area contributed by atoms with Gasteiger partial charge >= 0.3 is 6.03 Å². The predicted octanol–water partition coefficient (Wildman–Crippen LogP) is 6.10. The van der Waals surface area contributed by atoms with Gasteiger partial charge in [0.05, 0.1) is 12.2 Å². The number of para-hydroxylation sites is 1. The molecule has 1 heterocycles. The van der Waals surface area contributed by atoms with Crippen molar-refractivity contribution >= 4 is 82.7 Å². The van der Waals surface area contributed by atoms with Crippen molar-refractivity contribution in [3.8, 4) is 0 Å². The third-order valence-corrected chi connectivity index (χ3v) is 6.78. The van der Waals surface area contributed by atoms with Crippen LogP contribution < -0.4 is 27.0 Å². The van der Waals surface area contributed by atoms with E-state index in [-0.39, 0.29) is 43.7 Å². The Morgan fingerprint density at radius 2 is 1.67 bits per heavy atom. The minimum atomic E-state index is -1.23. The van der Waals surface area contributed by atoms with E-state index < -0.39 is 11.6 Å². The van der Waals surface area contributed by atoms with Crippen LogP contribution in [-0.4, -0.2) is 30.9 Å². The van der Waals surface area contributed by atoms with Gasteiger partial charge in [0.25, 0.3) is 0 Å². The van der Waals surface area contributed by atoms with Crippen LogP contribution in [0.2, 0.25) is 10.0 Å². The molecule has 208 valence electrons. The van der Waals surface area contributed by atoms with Gasteiger partial charge in [-0.15, -0.1) is 24.8 Å². The van der Waals surface area contributed by atoms with Crippen molar-refractivity contribution in [2.75, 3.05) is 30.0 Å². The van der Waals surface area contributed by atoms with Gasteiger partial charge in [-0.3, -0.25) is 4.79 Å². The van der Waals surface area contributed by atoms with Gasteiger partial charge < -0.3 is 31.7 Å². The van der Waals surface area contributed by atoms with E-state index in [1.54, 1.807) is 56.4 Å². The molecule has 6 N–H and O–H groups in total. The normalized spacial score (nSPS) is 15.5. The second-order valence-electron chi connectivity index (χ2n) is 8.59. The van der Waals surface area contributed by atoms with Crippen LogP contribution in [-0.2, 0) is 16.1 Å². The Morgan fingerprint density at radius 3 is 2.33 bits per heavy atom. The fourth-order valence-electron chi connectivity index (χ4n) is 4.15. The first-order valence-electron chi connectivity index (χ1n) is 11.5. The number of carbonyl (C=O) groups is 2. The molecule has 0 radical (unpaired) electrons. The first-order valence-corrected chi connectivity index (χ1v) is 12.3. The second-order valence-corrected chi connectivity index (χ2v) is 9.41. The van der Waals surface area contributed by atoms with E-state index in [9.17, 15) is 9.59 Å². The maximum Gasteiger partial charge on any atom is 0.319 e. The van der Waals surface area contributed by atoms with Crippen LogP contribution in [0, 0.1) is 0 Å². The second kappa shape index (κ2) is 13.7. The third-order valence-electron chi connectivity index (χ3n) is 6.07. The molecule has 0 saturated carbocycles. The smallest absolute Gasteiger partial charge is 0.319 e. The van der Waals surface area contributed by atoms with Gasteiger partial charge in [0.1, 0.15) is 12.1 Å². The van der Waals surface area contributed by atoms with Crippen molar-refractivity contribution in [2.45, 2.75) is 19.1 Å². The molecule has 0 saturated heterocycles. The number of hydrogen-bond acceptors (Lipinski definition) is 6. The Hall–Kier alpha value is -3.30. The standard InChI is InChI=1S/C27H27Cl2N5O3.2ClH/c1-27(23(35)14-32-26(36)33-17-8-5-7-16(30)13-17)25(31-2)24(18-9-3-4-12-22(18)34-27)37-15-19-20(28)10-6-11-21(19)29;;/h3-13,31,34H,14-15,30H2,1-2H3,(H2,32,33,36);2*1H. The lowest BCUT2D eigenvalue weighted by Crippen LogP contribution is -2.54. The van der Waals surface area contributed by atoms with E-state index in [0.29, 0.717) is 44.1 Å². The summed E-state index contributed by atoms with van der Waals surface area (Å²) < 4.78 is 6.27. The Bertz CT molecular complexity index is 1360. The number of ether oxygens (including phenoxy) is 1. The summed E-state index contributed by atoms with van der Waals surface area (Å²) in [5.41, 5.74) is 8.19. The Kier molecular flexibility index (Phi) is 11.2. The number of benzene rings is 3. The minimum Gasteiger partial charge on any atom is -0.486 e. The Balaban J connectivity index is 0.00000267. The van der Waals surface area contributed by atoms with E-state index in [0.717, 1.165) is 5.56 Å². The number of urea groups is 1. The summed E-state index contributed by atoms with van der Waals surface area (Å²) >= 11 is 12.7. The number of ketones is 1. The molecule has 1 aliphatic rings. The third kappa shape index (κ3) is 7.02. The SMILES string of the molecule is CNC1=C(OCc2c(Cl)cccc2Cl)c2ccccc2NC1(C)C(=O)CNC(=O)Nc1cccc(N)c1.Cl.Cl. The molecule has 39 heavy (non-hydrogen) atoms. The molecule has 1 unspecified atom stereocenters. The molecule has 0 spiro atoms. The van der Waals surface area contributed by atoms with Crippen LogP contribution >= 0.6 is 48.0 Å². The highest BCUT2D eigenvalue weighted by atomic mass is 35.5. The number of carbonyl (C=O) groups excluding carboxylic acids is 2. The molecule has 0 aromatic heterocycles. The maximum atomic E-state index is 13.5. The number of rotatable bonds is 8. The lowest BCUT2D eigenvalue weighted by atomic mass is 9.85. The van der Waals surface area contributed by atoms with Crippen LogP contribution in [0.25, 0.3) is 5.76 Å². The minimum absolute atomic E-state index is 0. The maximum absolute atomic E-state index is 13.5. The van der Waals surface area contributed by atoms with Crippen molar-refractivity contribution in [1.29, 1.82) is 0 Å². The number of nitrogens with one attached hydrogen (secondary N) is 4. The highest BCUT2D eigenvalue weighted by molar-refractivity contribution is 6.36. The van der Waals surface area contributed by atoms with E-state index in [1.165, 1.54) is 0 Å². The van der Waals surface area contributed by atoms with Gasteiger partial charge in [-0.2, -0.15) is 0 Å². The van der Waals surface area contributed by atoms with Gasteiger partial charge in [-0.1, -0.05) is 47.5 Å². The van der Waals surface area contributed by atoms with E-state index in [1.807, 2.05) is 24.3 Å². The zero-order valence-electron chi connectivity index (χ0n) is 21.1.